The van der Waals surface area contributed by atoms with E-state index in [0.29, 0.717) is 11.5 Å². The molecule has 0 aromatic carbocycles. The van der Waals surface area contributed by atoms with Crippen molar-refractivity contribution < 1.29 is 0 Å². The molecule has 0 aliphatic heterocycles. The molecule has 1 unspecified atom stereocenters. The minimum atomic E-state index is 0.315. The van der Waals surface area contributed by atoms with E-state index in [2.05, 4.69) is 44.3 Å². The van der Waals surface area contributed by atoms with Crippen LogP contribution in [0.15, 0.2) is 6.20 Å². The lowest BCUT2D eigenvalue weighted by atomic mass is 9.76. The lowest BCUT2D eigenvalue weighted by molar-refractivity contribution is 0.260. The van der Waals surface area contributed by atoms with Crippen LogP contribution in [-0.2, 0) is 13.5 Å². The largest absolute Gasteiger partial charge is 0.309 e. The van der Waals surface area contributed by atoms with Crippen molar-refractivity contribution in [2.75, 3.05) is 6.54 Å². The molecule has 0 bridgehead atoms. The average molecular weight is 304 g/mol. The van der Waals surface area contributed by atoms with Crippen molar-refractivity contribution in [2.45, 2.75) is 46.6 Å². The third-order valence-corrected chi connectivity index (χ3v) is 5.39. The summed E-state index contributed by atoms with van der Waals surface area (Å²) in [6.07, 6.45) is 4.33. The quantitative estimate of drug-likeness (QED) is 0.944. The fraction of sp³-hybridized carbons (Fsp3) is 0.625. The number of thiazole rings is 1. The first-order valence-corrected chi connectivity index (χ1v) is 8.45. The number of rotatable bonds is 3. The fourth-order valence-electron chi connectivity index (χ4n) is 3.27. The Morgan fingerprint density at radius 2 is 2.24 bits per heavy atom. The first-order chi connectivity index (χ1) is 9.89. The van der Waals surface area contributed by atoms with Gasteiger partial charge in [-0.15, -0.1) is 11.3 Å². The van der Waals surface area contributed by atoms with Crippen LogP contribution in [0, 0.1) is 12.3 Å². The van der Waals surface area contributed by atoms with Gasteiger partial charge in [0.1, 0.15) is 5.01 Å². The van der Waals surface area contributed by atoms with Gasteiger partial charge in [-0.05, 0) is 31.7 Å². The van der Waals surface area contributed by atoms with Crippen molar-refractivity contribution in [3.63, 3.8) is 0 Å². The molecule has 2 aromatic heterocycles. The monoisotopic (exact) mass is 304 g/mol. The molecule has 21 heavy (non-hydrogen) atoms. The van der Waals surface area contributed by atoms with Gasteiger partial charge in [-0.3, -0.25) is 4.68 Å². The molecule has 0 spiro atoms. The Labute approximate surface area is 130 Å². The molecular formula is C16H24N4S. The number of hydrogen-bond acceptors (Lipinski definition) is 4. The summed E-state index contributed by atoms with van der Waals surface area (Å²) in [5, 5.41) is 9.19. The smallest absolute Gasteiger partial charge is 0.127 e. The van der Waals surface area contributed by atoms with Crippen molar-refractivity contribution in [3.05, 3.63) is 22.5 Å². The van der Waals surface area contributed by atoms with E-state index in [-0.39, 0.29) is 0 Å². The lowest BCUT2D eigenvalue weighted by Gasteiger charge is -2.34. The fourth-order valence-corrected chi connectivity index (χ4v) is 4.49. The van der Waals surface area contributed by atoms with E-state index in [0.717, 1.165) is 23.7 Å². The molecule has 2 heterocycles. The third kappa shape index (κ3) is 2.77. The summed E-state index contributed by atoms with van der Waals surface area (Å²) in [4.78, 5) is 6.37. The van der Waals surface area contributed by atoms with E-state index < -0.39 is 0 Å². The topological polar surface area (TPSA) is 42.7 Å². The van der Waals surface area contributed by atoms with Crippen molar-refractivity contribution in [1.82, 2.24) is 20.1 Å². The molecule has 0 fully saturated rings. The second-order valence-electron chi connectivity index (χ2n) is 6.79. The van der Waals surface area contributed by atoms with E-state index in [1.807, 2.05) is 23.1 Å². The zero-order valence-corrected chi connectivity index (χ0v) is 14.3. The molecule has 1 aliphatic carbocycles. The van der Waals surface area contributed by atoms with Gasteiger partial charge in [0.15, 0.2) is 0 Å². The minimum absolute atomic E-state index is 0.315. The van der Waals surface area contributed by atoms with Crippen LogP contribution in [0.3, 0.4) is 0 Å². The first kappa shape index (κ1) is 14.7. The highest BCUT2D eigenvalue weighted by Gasteiger charge is 2.35. The lowest BCUT2D eigenvalue weighted by Crippen LogP contribution is -2.32. The Morgan fingerprint density at radius 1 is 1.48 bits per heavy atom. The Morgan fingerprint density at radius 3 is 2.86 bits per heavy atom. The summed E-state index contributed by atoms with van der Waals surface area (Å²) < 4.78 is 1.87. The summed E-state index contributed by atoms with van der Waals surface area (Å²) >= 11 is 1.84. The van der Waals surface area contributed by atoms with Crippen LogP contribution in [0.2, 0.25) is 0 Å². The molecule has 1 aliphatic rings. The maximum Gasteiger partial charge on any atom is 0.127 e. The van der Waals surface area contributed by atoms with E-state index in [4.69, 9.17) is 4.98 Å². The molecule has 1 N–H and O–H groups in total. The number of fused-ring (bicyclic) bond motifs is 1. The number of aromatic nitrogens is 3. The molecule has 4 nitrogen and oxygen atoms in total. The molecule has 1 atom stereocenters. The van der Waals surface area contributed by atoms with Gasteiger partial charge < -0.3 is 5.32 Å². The molecular weight excluding hydrogens is 280 g/mol. The third-order valence-electron chi connectivity index (χ3n) is 4.14. The van der Waals surface area contributed by atoms with E-state index >= 15 is 0 Å². The van der Waals surface area contributed by atoms with Gasteiger partial charge >= 0.3 is 0 Å². The molecule has 0 saturated heterocycles. The van der Waals surface area contributed by atoms with Crippen LogP contribution < -0.4 is 5.32 Å². The second kappa shape index (κ2) is 5.21. The number of hydrogen-bond donors (Lipinski definition) is 1. The van der Waals surface area contributed by atoms with Crippen molar-refractivity contribution >= 4 is 11.3 Å². The molecule has 0 saturated carbocycles. The number of nitrogens with one attached hydrogen (secondary N) is 1. The highest BCUT2D eigenvalue weighted by atomic mass is 32.1. The Balaban J connectivity index is 2.03. The van der Waals surface area contributed by atoms with Crippen LogP contribution in [-0.4, -0.2) is 21.3 Å². The van der Waals surface area contributed by atoms with Gasteiger partial charge in [0, 0.05) is 24.2 Å². The molecule has 114 valence electrons. The molecule has 0 radical (unpaired) electrons. The van der Waals surface area contributed by atoms with Gasteiger partial charge in [0.25, 0.3) is 0 Å². The second-order valence-corrected chi connectivity index (χ2v) is 7.82. The highest BCUT2D eigenvalue weighted by Crippen LogP contribution is 2.45. The molecule has 2 aromatic rings. The molecule has 3 rings (SSSR count). The van der Waals surface area contributed by atoms with Crippen molar-refractivity contribution in [2.24, 2.45) is 12.5 Å². The van der Waals surface area contributed by atoms with Gasteiger partial charge in [0.2, 0.25) is 0 Å². The van der Waals surface area contributed by atoms with Crippen LogP contribution in [0.1, 0.15) is 49.5 Å². The van der Waals surface area contributed by atoms with Gasteiger partial charge in [-0.25, -0.2) is 4.98 Å². The summed E-state index contributed by atoms with van der Waals surface area (Å²) in [5.41, 5.74) is 3.82. The van der Waals surface area contributed by atoms with Crippen LogP contribution in [0.25, 0.3) is 10.6 Å². The summed E-state index contributed by atoms with van der Waals surface area (Å²) in [6.45, 7) is 9.92. The minimum Gasteiger partial charge on any atom is -0.309 e. The van der Waals surface area contributed by atoms with Gasteiger partial charge in [-0.1, -0.05) is 20.8 Å². The van der Waals surface area contributed by atoms with E-state index in [1.54, 1.807) is 0 Å². The average Bonchev–Trinajstić information content (AvgIpc) is 2.91. The maximum atomic E-state index is 4.95. The summed E-state index contributed by atoms with van der Waals surface area (Å²) in [6, 6.07) is 0.442. The number of aryl methyl sites for hydroxylation is 2. The maximum absolute atomic E-state index is 4.95. The Hall–Kier alpha value is -1.20. The first-order valence-electron chi connectivity index (χ1n) is 7.63. The highest BCUT2D eigenvalue weighted by molar-refractivity contribution is 7.15. The summed E-state index contributed by atoms with van der Waals surface area (Å²) in [5.74, 6) is 0. The Kier molecular flexibility index (Phi) is 3.66. The van der Waals surface area contributed by atoms with Crippen molar-refractivity contribution in [1.29, 1.82) is 0 Å². The van der Waals surface area contributed by atoms with Crippen LogP contribution in [0.5, 0.6) is 0 Å². The molecule has 5 heteroatoms. The van der Waals surface area contributed by atoms with Crippen molar-refractivity contribution in [3.8, 4) is 10.6 Å². The zero-order valence-electron chi connectivity index (χ0n) is 13.5. The standard InChI is InChI=1S/C16H24N4S/c1-6-17-12-7-16(3,4)8-13-14(12)21-15(18-13)11-9-20(5)19-10(11)2/h9,12,17H,6-8H2,1-5H3. The predicted octanol–water partition coefficient (Wildman–Crippen LogP) is 3.48. The van der Waals surface area contributed by atoms with Gasteiger partial charge in [-0.2, -0.15) is 5.10 Å². The Bertz CT molecular complexity index is 653. The molecule has 0 amide bonds. The SMILES string of the molecule is CCNC1CC(C)(C)Cc2nc(-c3cn(C)nc3C)sc21. The normalized spacial score (nSPS) is 20.5. The predicted molar refractivity (Wildman–Crippen MR) is 87.6 cm³/mol. The summed E-state index contributed by atoms with van der Waals surface area (Å²) in [7, 11) is 1.97. The zero-order chi connectivity index (χ0) is 15.2. The van der Waals surface area contributed by atoms with E-state index in [9.17, 15) is 0 Å². The number of nitrogens with zero attached hydrogens (tertiary/aromatic N) is 3. The van der Waals surface area contributed by atoms with Crippen LogP contribution in [0.4, 0.5) is 0 Å². The van der Waals surface area contributed by atoms with Crippen LogP contribution >= 0.6 is 11.3 Å². The van der Waals surface area contributed by atoms with Gasteiger partial charge in [0.05, 0.1) is 17.0 Å². The van der Waals surface area contributed by atoms with E-state index in [1.165, 1.54) is 22.6 Å².